The lowest BCUT2D eigenvalue weighted by Gasteiger charge is -2.13. The van der Waals surface area contributed by atoms with Crippen molar-refractivity contribution >= 4 is 40.5 Å². The molecule has 1 aliphatic heterocycles. The van der Waals surface area contributed by atoms with Gasteiger partial charge in [-0.05, 0) is 44.4 Å². The number of rotatable bonds is 9. The van der Waals surface area contributed by atoms with Crippen LogP contribution in [0.3, 0.4) is 0 Å². The zero-order chi connectivity index (χ0) is 24.2. The van der Waals surface area contributed by atoms with Crippen LogP contribution in [-0.4, -0.2) is 44.0 Å². The van der Waals surface area contributed by atoms with Gasteiger partial charge in [-0.3, -0.25) is 19.1 Å². The van der Waals surface area contributed by atoms with Crippen molar-refractivity contribution in [3.63, 3.8) is 0 Å². The molecule has 0 unspecified atom stereocenters. The first-order valence-corrected chi connectivity index (χ1v) is 12.4. The molecule has 0 spiro atoms. The number of aromatic nitrogens is 3. The fourth-order valence-corrected chi connectivity index (χ4v) is 5.24. The molecule has 0 bridgehead atoms. The molecule has 34 heavy (non-hydrogen) atoms. The normalized spacial score (nSPS) is 14.7. The summed E-state index contributed by atoms with van der Waals surface area (Å²) in [6.45, 7) is 4.66. The van der Waals surface area contributed by atoms with Gasteiger partial charge in [-0.1, -0.05) is 30.2 Å². The molecular weight excluding hydrogens is 474 g/mol. The molecule has 0 saturated heterocycles. The van der Waals surface area contributed by atoms with Gasteiger partial charge in [0.05, 0.1) is 12.1 Å². The second-order valence-electron chi connectivity index (χ2n) is 8.28. The minimum atomic E-state index is -0.796. The third-order valence-corrected chi connectivity index (χ3v) is 7.32. The van der Waals surface area contributed by atoms with Crippen molar-refractivity contribution in [2.24, 2.45) is 4.99 Å². The zero-order valence-electron chi connectivity index (χ0n) is 19.0. The predicted octanol–water partition coefficient (Wildman–Crippen LogP) is 4.64. The Balaban J connectivity index is 1.59. The van der Waals surface area contributed by atoms with E-state index in [1.165, 1.54) is 4.88 Å². The topological polar surface area (TPSA) is 109 Å². The number of carboxylic acids is 1. The van der Waals surface area contributed by atoms with Crippen LogP contribution in [0, 0.1) is 13.8 Å². The van der Waals surface area contributed by atoms with Gasteiger partial charge in [0.1, 0.15) is 17.4 Å². The number of amides is 1. The van der Waals surface area contributed by atoms with E-state index in [1.54, 1.807) is 17.7 Å². The van der Waals surface area contributed by atoms with Crippen molar-refractivity contribution in [3.8, 4) is 5.00 Å². The van der Waals surface area contributed by atoms with E-state index in [9.17, 15) is 9.59 Å². The fraction of sp³-hybridized carbons (Fsp3) is 0.375. The lowest BCUT2D eigenvalue weighted by atomic mass is 9.99. The zero-order valence-corrected chi connectivity index (χ0v) is 20.6. The standard InChI is InChI=1S/C24H26ClN5O3S/c1-14-15(2)34-24-21(14)22(16-7-9-17(25)10-8-16)28-18(23-29-27-13-30(23)24)12-19(31)26-11-5-3-4-6-20(32)33/h7-10,13,18H,3-6,11-12H2,1-2H3,(H,26,31)(H,32,33)/t18-/m0/s1. The van der Waals surface area contributed by atoms with E-state index in [0.717, 1.165) is 40.2 Å². The smallest absolute Gasteiger partial charge is 0.303 e. The van der Waals surface area contributed by atoms with Crippen LogP contribution in [0.4, 0.5) is 0 Å². The summed E-state index contributed by atoms with van der Waals surface area (Å²) in [7, 11) is 0. The molecule has 0 radical (unpaired) electrons. The van der Waals surface area contributed by atoms with E-state index >= 15 is 0 Å². The third-order valence-electron chi connectivity index (χ3n) is 5.87. The lowest BCUT2D eigenvalue weighted by molar-refractivity contribution is -0.137. The largest absolute Gasteiger partial charge is 0.481 e. The van der Waals surface area contributed by atoms with E-state index in [-0.39, 0.29) is 18.7 Å². The number of halogens is 1. The van der Waals surface area contributed by atoms with Gasteiger partial charge in [0.2, 0.25) is 5.91 Å². The number of nitrogens with one attached hydrogen (secondary N) is 1. The number of unbranched alkanes of at least 4 members (excludes halogenated alkanes) is 2. The van der Waals surface area contributed by atoms with Crippen molar-refractivity contribution in [3.05, 3.63) is 63.0 Å². The summed E-state index contributed by atoms with van der Waals surface area (Å²) >= 11 is 7.78. The Morgan fingerprint density at radius 1 is 1.18 bits per heavy atom. The van der Waals surface area contributed by atoms with Crippen molar-refractivity contribution in [2.75, 3.05) is 6.54 Å². The maximum Gasteiger partial charge on any atom is 0.303 e. The number of benzene rings is 1. The SMILES string of the molecule is Cc1sc2c(c1C)C(c1ccc(Cl)cc1)=N[C@@H](CC(=O)NCCCCCC(=O)O)c1nncn1-2. The lowest BCUT2D eigenvalue weighted by Crippen LogP contribution is -2.26. The second-order valence-corrected chi connectivity index (χ2v) is 9.92. The highest BCUT2D eigenvalue weighted by molar-refractivity contribution is 7.15. The van der Waals surface area contributed by atoms with Crippen molar-refractivity contribution in [1.29, 1.82) is 0 Å². The molecule has 1 atom stereocenters. The molecule has 4 rings (SSSR count). The summed E-state index contributed by atoms with van der Waals surface area (Å²) in [5.74, 6) is -0.298. The van der Waals surface area contributed by atoms with E-state index in [2.05, 4.69) is 29.4 Å². The number of aliphatic imine (C=N–C) groups is 1. The van der Waals surface area contributed by atoms with Gasteiger partial charge in [-0.15, -0.1) is 21.5 Å². The molecule has 8 nitrogen and oxygen atoms in total. The Labute approximate surface area is 206 Å². The summed E-state index contributed by atoms with van der Waals surface area (Å²) in [6, 6.07) is 7.06. The number of hydrogen-bond donors (Lipinski definition) is 2. The van der Waals surface area contributed by atoms with Gasteiger partial charge in [0.25, 0.3) is 0 Å². The quantitative estimate of drug-likeness (QED) is 0.417. The average molecular weight is 500 g/mol. The molecule has 2 aromatic heterocycles. The van der Waals surface area contributed by atoms with Crippen LogP contribution in [0.2, 0.25) is 5.02 Å². The van der Waals surface area contributed by atoms with Crippen LogP contribution in [0.15, 0.2) is 35.6 Å². The Bertz CT molecular complexity index is 1230. The number of thiophene rings is 1. The molecule has 1 aromatic carbocycles. The van der Waals surface area contributed by atoms with Crippen molar-refractivity contribution < 1.29 is 14.7 Å². The maximum absolute atomic E-state index is 12.8. The van der Waals surface area contributed by atoms with Crippen LogP contribution in [0.5, 0.6) is 0 Å². The number of hydrogen-bond acceptors (Lipinski definition) is 6. The van der Waals surface area contributed by atoms with E-state index < -0.39 is 12.0 Å². The molecule has 0 fully saturated rings. The monoisotopic (exact) mass is 499 g/mol. The number of carbonyl (C=O) groups excluding carboxylic acids is 1. The van der Waals surface area contributed by atoms with Crippen LogP contribution in [0.25, 0.3) is 5.00 Å². The third kappa shape index (κ3) is 5.20. The molecule has 178 valence electrons. The first kappa shape index (κ1) is 24.1. The molecule has 10 heteroatoms. The molecule has 1 amide bonds. The maximum atomic E-state index is 12.8. The van der Waals surface area contributed by atoms with Crippen LogP contribution in [-0.2, 0) is 9.59 Å². The first-order chi connectivity index (χ1) is 16.3. The molecule has 0 saturated carbocycles. The minimum Gasteiger partial charge on any atom is -0.481 e. The summed E-state index contributed by atoms with van der Waals surface area (Å²) in [5, 5.41) is 21.7. The molecule has 1 aliphatic rings. The van der Waals surface area contributed by atoms with Crippen molar-refractivity contribution in [1.82, 2.24) is 20.1 Å². The van der Waals surface area contributed by atoms with E-state index in [4.69, 9.17) is 21.7 Å². The fourth-order valence-electron chi connectivity index (χ4n) is 3.98. The van der Waals surface area contributed by atoms with Crippen molar-refractivity contribution in [2.45, 2.75) is 52.0 Å². The van der Waals surface area contributed by atoms with E-state index in [1.807, 2.05) is 28.8 Å². The number of carboxylic acid groups (broad SMARTS) is 1. The highest BCUT2D eigenvalue weighted by Gasteiger charge is 2.31. The van der Waals surface area contributed by atoms with Gasteiger partial charge in [-0.25, -0.2) is 0 Å². The number of carbonyl (C=O) groups is 2. The van der Waals surface area contributed by atoms with E-state index in [0.29, 0.717) is 23.8 Å². The molecule has 0 aliphatic carbocycles. The van der Waals surface area contributed by atoms with Crippen LogP contribution < -0.4 is 5.32 Å². The minimum absolute atomic E-state index is 0.129. The van der Waals surface area contributed by atoms with Gasteiger partial charge in [0, 0.05) is 34.0 Å². The van der Waals surface area contributed by atoms with Gasteiger partial charge < -0.3 is 10.4 Å². The Morgan fingerprint density at radius 2 is 1.94 bits per heavy atom. The summed E-state index contributed by atoms with van der Waals surface area (Å²) in [6.07, 6.45) is 4.05. The van der Waals surface area contributed by atoms with Gasteiger partial charge in [-0.2, -0.15) is 0 Å². The Kier molecular flexibility index (Phi) is 7.43. The highest BCUT2D eigenvalue weighted by atomic mass is 35.5. The molecule has 3 heterocycles. The van der Waals surface area contributed by atoms with Gasteiger partial charge in [0.15, 0.2) is 5.82 Å². The molecule has 2 N–H and O–H groups in total. The average Bonchev–Trinajstić information content (AvgIpc) is 3.36. The van der Waals surface area contributed by atoms with Crippen LogP contribution in [0.1, 0.15) is 65.5 Å². The second kappa shape index (κ2) is 10.5. The first-order valence-electron chi connectivity index (χ1n) is 11.2. The Morgan fingerprint density at radius 3 is 2.68 bits per heavy atom. The predicted molar refractivity (Wildman–Crippen MR) is 132 cm³/mol. The number of fused-ring (bicyclic) bond motifs is 3. The Hall–Kier alpha value is -3.04. The summed E-state index contributed by atoms with van der Waals surface area (Å²) in [5.41, 5.74) is 3.90. The number of nitrogens with zero attached hydrogens (tertiary/aromatic N) is 4. The number of aryl methyl sites for hydroxylation is 1. The highest BCUT2D eigenvalue weighted by Crippen LogP contribution is 2.38. The molecular formula is C24H26ClN5O3S. The molecule has 3 aromatic rings. The summed E-state index contributed by atoms with van der Waals surface area (Å²) in [4.78, 5) is 29.6. The van der Waals surface area contributed by atoms with Crippen LogP contribution >= 0.6 is 22.9 Å². The number of aliphatic carboxylic acids is 1. The summed E-state index contributed by atoms with van der Waals surface area (Å²) < 4.78 is 1.94. The van der Waals surface area contributed by atoms with Gasteiger partial charge >= 0.3 is 5.97 Å².